The van der Waals surface area contributed by atoms with Crippen LogP contribution in [0.1, 0.15) is 40.2 Å². The van der Waals surface area contributed by atoms with Crippen LogP contribution < -0.4 is 20.1 Å². The highest BCUT2D eigenvalue weighted by atomic mass is 16.5. The van der Waals surface area contributed by atoms with E-state index in [0.717, 1.165) is 5.56 Å². The van der Waals surface area contributed by atoms with Crippen LogP contribution >= 0.6 is 0 Å². The molecule has 6 heteroatoms. The van der Waals surface area contributed by atoms with Crippen molar-refractivity contribution in [1.29, 1.82) is 0 Å². The minimum absolute atomic E-state index is 0.0420. The van der Waals surface area contributed by atoms with Gasteiger partial charge in [-0.25, -0.2) is 0 Å². The van der Waals surface area contributed by atoms with Gasteiger partial charge in [-0.1, -0.05) is 6.07 Å². The van der Waals surface area contributed by atoms with E-state index >= 15 is 0 Å². The Hall–Kier alpha value is -2.50. The number of hydrogen-bond donors (Lipinski definition) is 2. The maximum absolute atomic E-state index is 11.8. The third kappa shape index (κ3) is 8.24. The van der Waals surface area contributed by atoms with Crippen LogP contribution in [0.3, 0.4) is 0 Å². The Morgan fingerprint density at radius 2 is 1.88 bits per heavy atom. The van der Waals surface area contributed by atoms with Gasteiger partial charge in [0, 0.05) is 11.6 Å². The van der Waals surface area contributed by atoms with Crippen LogP contribution in [0.25, 0.3) is 6.08 Å². The molecule has 0 aliphatic rings. The molecule has 0 unspecified atom stereocenters. The van der Waals surface area contributed by atoms with Gasteiger partial charge >= 0.3 is 0 Å². The van der Waals surface area contributed by atoms with Gasteiger partial charge in [0.2, 0.25) is 11.8 Å². The molecular weight excluding hydrogens is 320 g/mol. The van der Waals surface area contributed by atoms with E-state index in [2.05, 4.69) is 10.6 Å². The summed E-state index contributed by atoms with van der Waals surface area (Å²) in [4.78, 5) is 23.5. The maximum atomic E-state index is 11.8. The van der Waals surface area contributed by atoms with E-state index in [1.54, 1.807) is 25.3 Å². The second-order valence-corrected chi connectivity index (χ2v) is 6.93. The molecule has 1 aromatic rings. The SMILES string of the molecule is COc1cc(/C=C/C(=O)NCC(=O)NC(C)(C)C)ccc1OC(C)C. The number of nitrogens with one attached hydrogen (secondary N) is 2. The van der Waals surface area contributed by atoms with E-state index in [-0.39, 0.29) is 30.0 Å². The van der Waals surface area contributed by atoms with Crippen LogP contribution in [0.2, 0.25) is 0 Å². The highest BCUT2D eigenvalue weighted by Gasteiger charge is 2.13. The topological polar surface area (TPSA) is 76.7 Å². The molecule has 1 rings (SSSR count). The number of methoxy groups -OCH3 is 1. The van der Waals surface area contributed by atoms with Gasteiger partial charge in [0.1, 0.15) is 0 Å². The van der Waals surface area contributed by atoms with Crippen molar-refractivity contribution >= 4 is 17.9 Å². The van der Waals surface area contributed by atoms with Gasteiger partial charge in [-0.15, -0.1) is 0 Å². The van der Waals surface area contributed by atoms with Crippen molar-refractivity contribution in [3.63, 3.8) is 0 Å². The molecule has 0 saturated heterocycles. The largest absolute Gasteiger partial charge is 0.493 e. The van der Waals surface area contributed by atoms with Gasteiger partial charge in [-0.05, 0) is 58.4 Å². The molecule has 0 aliphatic carbocycles. The number of carbonyl (C=O) groups is 2. The first kappa shape index (κ1) is 20.5. The first-order chi connectivity index (χ1) is 11.6. The zero-order valence-corrected chi connectivity index (χ0v) is 15.8. The van der Waals surface area contributed by atoms with Gasteiger partial charge in [-0.2, -0.15) is 0 Å². The van der Waals surface area contributed by atoms with Gasteiger partial charge in [0.15, 0.2) is 11.5 Å². The minimum atomic E-state index is -0.342. The first-order valence-corrected chi connectivity index (χ1v) is 8.22. The summed E-state index contributed by atoms with van der Waals surface area (Å²) in [5, 5.41) is 5.32. The second kappa shape index (κ2) is 9.11. The van der Waals surface area contributed by atoms with Crippen molar-refractivity contribution in [2.24, 2.45) is 0 Å². The molecule has 0 aliphatic heterocycles. The van der Waals surface area contributed by atoms with E-state index in [9.17, 15) is 9.59 Å². The zero-order chi connectivity index (χ0) is 19.0. The smallest absolute Gasteiger partial charge is 0.244 e. The molecule has 0 aromatic heterocycles. The summed E-state index contributed by atoms with van der Waals surface area (Å²) in [5.74, 6) is 0.676. The van der Waals surface area contributed by atoms with Gasteiger partial charge in [-0.3, -0.25) is 9.59 Å². The second-order valence-electron chi connectivity index (χ2n) is 6.93. The molecule has 0 saturated carbocycles. The van der Waals surface area contributed by atoms with Crippen LogP contribution in [-0.4, -0.2) is 37.1 Å². The quantitative estimate of drug-likeness (QED) is 0.743. The highest BCUT2D eigenvalue weighted by Crippen LogP contribution is 2.29. The molecular formula is C19H28N2O4. The standard InChI is InChI=1S/C19H28N2O4/c1-13(2)25-15-9-7-14(11-16(15)24-6)8-10-17(22)20-12-18(23)21-19(3,4)5/h7-11,13H,12H2,1-6H3,(H,20,22)(H,21,23)/b10-8+. The zero-order valence-electron chi connectivity index (χ0n) is 15.8. The Labute approximate surface area is 149 Å². The average molecular weight is 348 g/mol. The van der Waals surface area contributed by atoms with Crippen molar-refractivity contribution in [2.75, 3.05) is 13.7 Å². The Bertz CT molecular complexity index is 631. The van der Waals surface area contributed by atoms with Crippen LogP contribution in [0.4, 0.5) is 0 Å². The fourth-order valence-corrected chi connectivity index (χ4v) is 2.00. The molecule has 25 heavy (non-hydrogen) atoms. The third-order valence-electron chi connectivity index (χ3n) is 2.92. The van der Waals surface area contributed by atoms with E-state index in [1.165, 1.54) is 6.08 Å². The van der Waals surface area contributed by atoms with E-state index < -0.39 is 0 Å². The lowest BCUT2D eigenvalue weighted by Crippen LogP contribution is -2.45. The summed E-state index contributed by atoms with van der Waals surface area (Å²) in [7, 11) is 1.57. The molecule has 0 atom stereocenters. The molecule has 0 fully saturated rings. The molecule has 0 spiro atoms. The molecule has 2 N–H and O–H groups in total. The van der Waals surface area contributed by atoms with E-state index in [1.807, 2.05) is 40.7 Å². The van der Waals surface area contributed by atoms with Gasteiger partial charge in [0.25, 0.3) is 0 Å². The molecule has 2 amide bonds. The molecule has 0 radical (unpaired) electrons. The number of hydrogen-bond acceptors (Lipinski definition) is 4. The van der Waals surface area contributed by atoms with Crippen molar-refractivity contribution in [3.8, 4) is 11.5 Å². The van der Waals surface area contributed by atoms with Crippen LogP contribution in [0.5, 0.6) is 11.5 Å². The Kier molecular flexibility index (Phi) is 7.48. The van der Waals surface area contributed by atoms with Crippen molar-refractivity contribution in [3.05, 3.63) is 29.8 Å². The lowest BCUT2D eigenvalue weighted by molar-refractivity contribution is -0.124. The summed E-state index contributed by atoms with van der Waals surface area (Å²) >= 11 is 0. The first-order valence-electron chi connectivity index (χ1n) is 8.22. The number of benzene rings is 1. The molecule has 1 aromatic carbocycles. The lowest BCUT2D eigenvalue weighted by Gasteiger charge is -2.20. The van der Waals surface area contributed by atoms with Crippen molar-refractivity contribution in [1.82, 2.24) is 10.6 Å². The highest BCUT2D eigenvalue weighted by molar-refractivity contribution is 5.94. The summed E-state index contributed by atoms with van der Waals surface area (Å²) in [6.07, 6.45) is 3.07. The van der Waals surface area contributed by atoms with E-state index in [0.29, 0.717) is 11.5 Å². The number of amides is 2. The monoisotopic (exact) mass is 348 g/mol. The Morgan fingerprint density at radius 3 is 2.44 bits per heavy atom. The summed E-state index contributed by atoms with van der Waals surface area (Å²) in [6.45, 7) is 9.46. The fraction of sp³-hybridized carbons (Fsp3) is 0.474. The van der Waals surface area contributed by atoms with Crippen LogP contribution in [0.15, 0.2) is 24.3 Å². The fourth-order valence-electron chi connectivity index (χ4n) is 2.00. The van der Waals surface area contributed by atoms with Crippen LogP contribution in [0, 0.1) is 0 Å². The Balaban J connectivity index is 2.62. The van der Waals surface area contributed by atoms with E-state index in [4.69, 9.17) is 9.47 Å². The molecule has 0 bridgehead atoms. The normalized spacial score (nSPS) is 11.5. The maximum Gasteiger partial charge on any atom is 0.244 e. The van der Waals surface area contributed by atoms with Gasteiger partial charge < -0.3 is 20.1 Å². The average Bonchev–Trinajstić information content (AvgIpc) is 2.49. The molecule has 0 heterocycles. The van der Waals surface area contributed by atoms with Gasteiger partial charge in [0.05, 0.1) is 19.8 Å². The predicted octanol–water partition coefficient (Wildman–Crippen LogP) is 2.53. The van der Waals surface area contributed by atoms with Crippen molar-refractivity contribution < 1.29 is 19.1 Å². The number of rotatable bonds is 7. The predicted molar refractivity (Wildman–Crippen MR) is 98.7 cm³/mol. The molecule has 6 nitrogen and oxygen atoms in total. The summed E-state index contributed by atoms with van der Waals surface area (Å²) in [5.41, 5.74) is 0.468. The third-order valence-corrected chi connectivity index (χ3v) is 2.92. The van der Waals surface area contributed by atoms with Crippen molar-refractivity contribution in [2.45, 2.75) is 46.3 Å². The number of carbonyl (C=O) groups excluding carboxylic acids is 2. The van der Waals surface area contributed by atoms with Crippen LogP contribution in [-0.2, 0) is 9.59 Å². The molecule has 138 valence electrons. The Morgan fingerprint density at radius 1 is 1.20 bits per heavy atom. The number of ether oxygens (including phenoxy) is 2. The summed E-state index contributed by atoms with van der Waals surface area (Å²) < 4.78 is 11.0. The summed E-state index contributed by atoms with van der Waals surface area (Å²) in [6, 6.07) is 5.41. The lowest BCUT2D eigenvalue weighted by atomic mass is 10.1. The minimum Gasteiger partial charge on any atom is -0.493 e.